The first-order valence-electron chi connectivity index (χ1n) is 7.42. The zero-order chi connectivity index (χ0) is 15.4. The third-order valence-electron chi connectivity index (χ3n) is 4.08. The molecule has 0 aromatic heterocycles. The molecule has 3 nitrogen and oxygen atoms in total. The number of halogens is 2. The van der Waals surface area contributed by atoms with Gasteiger partial charge in [0.25, 0.3) is 0 Å². The van der Waals surface area contributed by atoms with Crippen LogP contribution in [0, 0.1) is 11.6 Å². The smallest absolute Gasteiger partial charge is 0.176 e. The summed E-state index contributed by atoms with van der Waals surface area (Å²) in [7, 11) is 2.09. The maximum absolute atomic E-state index is 13.2. The van der Waals surface area contributed by atoms with Crippen LogP contribution < -0.4 is 0 Å². The van der Waals surface area contributed by atoms with Crippen LogP contribution in [0.3, 0.4) is 0 Å². The van der Waals surface area contributed by atoms with Crippen molar-refractivity contribution < 1.29 is 13.6 Å². The second-order valence-corrected chi connectivity index (χ2v) is 5.70. The average molecular weight is 296 g/mol. The van der Waals surface area contributed by atoms with Gasteiger partial charge in [0, 0.05) is 24.7 Å². The molecule has 1 heterocycles. The van der Waals surface area contributed by atoms with E-state index < -0.39 is 11.6 Å². The molecule has 1 fully saturated rings. The van der Waals surface area contributed by atoms with Crippen molar-refractivity contribution in [3.63, 3.8) is 0 Å². The van der Waals surface area contributed by atoms with E-state index in [1.165, 1.54) is 6.07 Å². The number of hydrogen-bond donors (Lipinski definition) is 0. The zero-order valence-corrected chi connectivity index (χ0v) is 12.6. The molecule has 0 aliphatic carbocycles. The van der Waals surface area contributed by atoms with E-state index in [9.17, 15) is 13.6 Å². The summed E-state index contributed by atoms with van der Waals surface area (Å²) >= 11 is 0. The van der Waals surface area contributed by atoms with Gasteiger partial charge in [-0.05, 0) is 44.6 Å². The van der Waals surface area contributed by atoms with Gasteiger partial charge in [-0.25, -0.2) is 8.78 Å². The van der Waals surface area contributed by atoms with Crippen molar-refractivity contribution in [1.29, 1.82) is 0 Å². The van der Waals surface area contributed by atoms with E-state index in [-0.39, 0.29) is 17.9 Å². The van der Waals surface area contributed by atoms with E-state index in [4.69, 9.17) is 0 Å². The lowest BCUT2D eigenvalue weighted by atomic mass is 10.1. The Morgan fingerprint density at radius 2 is 2.05 bits per heavy atom. The van der Waals surface area contributed by atoms with Crippen LogP contribution >= 0.6 is 0 Å². The summed E-state index contributed by atoms with van der Waals surface area (Å²) in [4.78, 5) is 16.7. The second-order valence-electron chi connectivity index (χ2n) is 5.70. The van der Waals surface area contributed by atoms with E-state index in [1.807, 2.05) is 0 Å². The minimum Gasteiger partial charge on any atom is -0.305 e. The third kappa shape index (κ3) is 4.08. The highest BCUT2D eigenvalue weighted by Gasteiger charge is 2.24. The summed E-state index contributed by atoms with van der Waals surface area (Å²) in [5.41, 5.74) is 0.237. The molecule has 1 atom stereocenters. The van der Waals surface area contributed by atoms with Crippen LogP contribution in [0.1, 0.15) is 30.1 Å². The van der Waals surface area contributed by atoms with Gasteiger partial charge in [-0.3, -0.25) is 9.69 Å². The molecule has 1 aliphatic rings. The van der Waals surface area contributed by atoms with Crippen molar-refractivity contribution in [2.24, 2.45) is 0 Å². The molecule has 0 N–H and O–H groups in total. The van der Waals surface area contributed by atoms with Gasteiger partial charge < -0.3 is 4.90 Å². The normalized spacial score (nSPS) is 21.2. The predicted octanol–water partition coefficient (Wildman–Crippen LogP) is 2.56. The van der Waals surface area contributed by atoms with Crippen molar-refractivity contribution in [3.05, 3.63) is 35.4 Å². The molecule has 1 aromatic rings. The van der Waals surface area contributed by atoms with Crippen LogP contribution in [-0.2, 0) is 0 Å². The number of carbonyl (C=O) groups excluding carboxylic acids is 1. The van der Waals surface area contributed by atoms with E-state index in [1.54, 1.807) is 0 Å². The summed E-state index contributed by atoms with van der Waals surface area (Å²) in [6.07, 6.45) is 1.98. The van der Waals surface area contributed by atoms with Gasteiger partial charge in [0.05, 0.1) is 6.54 Å². The van der Waals surface area contributed by atoms with Crippen LogP contribution in [0.5, 0.6) is 0 Å². The van der Waals surface area contributed by atoms with E-state index >= 15 is 0 Å². The highest BCUT2D eigenvalue weighted by molar-refractivity contribution is 5.97. The quantitative estimate of drug-likeness (QED) is 0.798. The topological polar surface area (TPSA) is 23.6 Å². The Morgan fingerprint density at radius 3 is 2.71 bits per heavy atom. The van der Waals surface area contributed by atoms with Gasteiger partial charge in [-0.15, -0.1) is 0 Å². The van der Waals surface area contributed by atoms with Gasteiger partial charge in [0.2, 0.25) is 0 Å². The van der Waals surface area contributed by atoms with Crippen LogP contribution in [0.15, 0.2) is 18.2 Å². The first-order valence-corrected chi connectivity index (χ1v) is 7.42. The van der Waals surface area contributed by atoms with Crippen molar-refractivity contribution in [2.75, 3.05) is 33.2 Å². The summed E-state index contributed by atoms with van der Waals surface area (Å²) in [6.45, 7) is 5.18. The number of Topliss-reactive ketones (excluding diaryl/α,β-unsaturated/α-hetero) is 1. The summed E-state index contributed by atoms with van der Waals surface area (Å²) in [5.74, 6) is -2.05. The van der Waals surface area contributed by atoms with Crippen molar-refractivity contribution in [2.45, 2.75) is 25.8 Å². The fraction of sp³-hybridized carbons (Fsp3) is 0.562. The molecular weight excluding hydrogens is 274 g/mol. The fourth-order valence-electron chi connectivity index (χ4n) is 2.83. The highest BCUT2D eigenvalue weighted by atomic mass is 19.2. The Balaban J connectivity index is 2.07. The molecule has 1 aliphatic heterocycles. The lowest BCUT2D eigenvalue weighted by Crippen LogP contribution is -2.42. The Kier molecular flexibility index (Phi) is 5.42. The van der Waals surface area contributed by atoms with E-state index in [0.29, 0.717) is 6.04 Å². The van der Waals surface area contributed by atoms with Gasteiger partial charge in [0.1, 0.15) is 0 Å². The number of hydrogen-bond acceptors (Lipinski definition) is 3. The largest absolute Gasteiger partial charge is 0.305 e. The lowest BCUT2D eigenvalue weighted by molar-refractivity contribution is 0.0887. The SMILES string of the molecule is CCC1CN(C)CCCN1CC(=O)c1ccc(F)c(F)c1. The number of nitrogens with zero attached hydrogens (tertiary/aromatic N) is 2. The molecule has 0 radical (unpaired) electrons. The van der Waals surface area contributed by atoms with Crippen LogP contribution in [0.4, 0.5) is 8.78 Å². The van der Waals surface area contributed by atoms with Gasteiger partial charge in [-0.2, -0.15) is 0 Å². The lowest BCUT2D eigenvalue weighted by Gasteiger charge is -2.29. The van der Waals surface area contributed by atoms with Gasteiger partial charge in [-0.1, -0.05) is 6.92 Å². The molecule has 0 amide bonds. The Hall–Kier alpha value is -1.33. The Morgan fingerprint density at radius 1 is 1.29 bits per heavy atom. The van der Waals surface area contributed by atoms with Crippen molar-refractivity contribution >= 4 is 5.78 Å². The van der Waals surface area contributed by atoms with Crippen LogP contribution in [-0.4, -0.2) is 54.9 Å². The molecule has 5 heteroatoms. The standard InChI is InChI=1S/C16H22F2N2O/c1-3-13-10-19(2)7-4-8-20(13)11-16(21)12-5-6-14(17)15(18)9-12/h5-6,9,13H,3-4,7-8,10-11H2,1-2H3. The number of ketones is 1. The number of likely N-dealkylation sites (N-methyl/N-ethyl adjacent to an activating group) is 1. The van der Waals surface area contributed by atoms with E-state index in [0.717, 1.165) is 44.6 Å². The van der Waals surface area contributed by atoms with Crippen molar-refractivity contribution in [1.82, 2.24) is 9.80 Å². The zero-order valence-electron chi connectivity index (χ0n) is 12.6. The van der Waals surface area contributed by atoms with Gasteiger partial charge in [0.15, 0.2) is 17.4 Å². The van der Waals surface area contributed by atoms with E-state index in [2.05, 4.69) is 23.8 Å². The number of carbonyl (C=O) groups is 1. The third-order valence-corrected chi connectivity index (χ3v) is 4.08. The second kappa shape index (κ2) is 7.09. The fourth-order valence-corrected chi connectivity index (χ4v) is 2.83. The summed E-state index contributed by atoms with van der Waals surface area (Å²) in [6, 6.07) is 3.68. The number of benzene rings is 1. The molecule has 116 valence electrons. The van der Waals surface area contributed by atoms with Crippen molar-refractivity contribution in [3.8, 4) is 0 Å². The maximum Gasteiger partial charge on any atom is 0.176 e. The molecular formula is C16H22F2N2O. The first-order chi connectivity index (χ1) is 10.0. The molecule has 0 bridgehead atoms. The Labute approximate surface area is 124 Å². The minimum atomic E-state index is -0.969. The average Bonchev–Trinajstić information content (AvgIpc) is 2.63. The maximum atomic E-state index is 13.2. The molecule has 21 heavy (non-hydrogen) atoms. The number of rotatable bonds is 4. The molecule has 0 saturated carbocycles. The minimum absolute atomic E-state index is 0.156. The summed E-state index contributed by atoms with van der Waals surface area (Å²) in [5, 5.41) is 0. The van der Waals surface area contributed by atoms with Crippen LogP contribution in [0.2, 0.25) is 0 Å². The highest BCUT2D eigenvalue weighted by Crippen LogP contribution is 2.14. The summed E-state index contributed by atoms with van der Waals surface area (Å²) < 4.78 is 26.2. The molecule has 1 aromatic carbocycles. The first kappa shape index (κ1) is 16.0. The predicted molar refractivity (Wildman–Crippen MR) is 78.5 cm³/mol. The van der Waals surface area contributed by atoms with Gasteiger partial charge >= 0.3 is 0 Å². The molecule has 1 saturated heterocycles. The molecule has 0 spiro atoms. The molecule has 2 rings (SSSR count). The van der Waals surface area contributed by atoms with Crippen LogP contribution in [0.25, 0.3) is 0 Å². The Bertz CT molecular complexity index is 507. The molecule has 1 unspecified atom stereocenters. The monoisotopic (exact) mass is 296 g/mol.